The summed E-state index contributed by atoms with van der Waals surface area (Å²) in [6.07, 6.45) is 0.757. The maximum absolute atomic E-state index is 12.8. The van der Waals surface area contributed by atoms with Gasteiger partial charge in [-0.15, -0.1) is 0 Å². The monoisotopic (exact) mass is 278 g/mol. The molecule has 0 saturated carbocycles. The fraction of sp³-hybridized carbons (Fsp3) is 0.176. The number of hydrogen-bond donors (Lipinski definition) is 1. The average molecular weight is 278 g/mol. The number of benzene rings is 2. The highest BCUT2D eigenvalue weighted by molar-refractivity contribution is 6.13. The van der Waals surface area contributed by atoms with Gasteiger partial charge in [-0.05, 0) is 23.9 Å². The third-order valence-corrected chi connectivity index (χ3v) is 4.09. The number of nitrogens with zero attached hydrogens (tertiary/aromatic N) is 1. The molecular formula is C17H14N2O2. The van der Waals surface area contributed by atoms with Crippen LogP contribution in [0.3, 0.4) is 0 Å². The van der Waals surface area contributed by atoms with Crippen molar-refractivity contribution in [2.24, 2.45) is 0 Å². The van der Waals surface area contributed by atoms with Crippen molar-refractivity contribution in [3.05, 3.63) is 58.4 Å². The zero-order valence-electron chi connectivity index (χ0n) is 11.4. The Morgan fingerprint density at radius 1 is 0.905 bits per heavy atom. The van der Waals surface area contributed by atoms with Gasteiger partial charge in [0.05, 0.1) is 11.1 Å². The first-order chi connectivity index (χ1) is 10.3. The summed E-state index contributed by atoms with van der Waals surface area (Å²) >= 11 is 0. The van der Waals surface area contributed by atoms with E-state index in [0.717, 1.165) is 22.7 Å². The lowest BCUT2D eigenvalue weighted by Gasteiger charge is -2.19. The van der Waals surface area contributed by atoms with Crippen LogP contribution >= 0.6 is 0 Å². The van der Waals surface area contributed by atoms with Gasteiger partial charge in [0, 0.05) is 23.9 Å². The van der Waals surface area contributed by atoms with E-state index < -0.39 is 0 Å². The van der Waals surface area contributed by atoms with Crippen LogP contribution in [0, 0.1) is 0 Å². The number of aromatic nitrogens is 1. The average Bonchev–Trinajstić information content (AvgIpc) is 2.51. The molecule has 0 unspecified atom stereocenters. The first kappa shape index (κ1) is 12.1. The second-order valence-electron chi connectivity index (χ2n) is 5.31. The van der Waals surface area contributed by atoms with Crippen molar-refractivity contribution in [1.29, 1.82) is 0 Å². The van der Waals surface area contributed by atoms with Gasteiger partial charge in [0.25, 0.3) is 11.5 Å². The van der Waals surface area contributed by atoms with Crippen molar-refractivity contribution in [2.75, 3.05) is 6.54 Å². The van der Waals surface area contributed by atoms with E-state index in [1.165, 1.54) is 0 Å². The number of aryl methyl sites for hydroxylation is 1. The summed E-state index contributed by atoms with van der Waals surface area (Å²) in [7, 11) is 0. The van der Waals surface area contributed by atoms with Gasteiger partial charge in [-0.3, -0.25) is 9.59 Å². The van der Waals surface area contributed by atoms with E-state index in [1.54, 1.807) is 10.6 Å². The first-order valence-electron chi connectivity index (χ1n) is 7.10. The molecule has 3 aromatic rings. The van der Waals surface area contributed by atoms with E-state index in [1.807, 2.05) is 36.4 Å². The zero-order chi connectivity index (χ0) is 14.4. The molecule has 0 aliphatic carbocycles. The van der Waals surface area contributed by atoms with Crippen LogP contribution in [0.25, 0.3) is 21.7 Å². The van der Waals surface area contributed by atoms with E-state index in [0.29, 0.717) is 24.0 Å². The van der Waals surface area contributed by atoms with Crippen molar-refractivity contribution in [3.8, 4) is 0 Å². The molecule has 104 valence electrons. The second-order valence-corrected chi connectivity index (χ2v) is 5.31. The molecule has 2 heterocycles. The number of carbonyl (C=O) groups excluding carboxylic acids is 1. The minimum absolute atomic E-state index is 0.0137. The number of carbonyl (C=O) groups is 1. The summed E-state index contributed by atoms with van der Waals surface area (Å²) in [5, 5.41) is 5.47. The molecule has 4 rings (SSSR count). The number of amides is 1. The topological polar surface area (TPSA) is 51.1 Å². The van der Waals surface area contributed by atoms with Gasteiger partial charge < -0.3 is 9.88 Å². The zero-order valence-corrected chi connectivity index (χ0v) is 11.4. The highest BCUT2D eigenvalue weighted by atomic mass is 16.2. The molecule has 2 aromatic carbocycles. The summed E-state index contributed by atoms with van der Waals surface area (Å²) in [4.78, 5) is 25.0. The van der Waals surface area contributed by atoms with Crippen molar-refractivity contribution in [1.82, 2.24) is 9.88 Å². The minimum atomic E-state index is -0.108. The normalized spacial score (nSPS) is 14.8. The predicted molar refractivity (Wildman–Crippen MR) is 82.7 cm³/mol. The van der Waals surface area contributed by atoms with Crippen LogP contribution in [0.2, 0.25) is 0 Å². The molecule has 1 amide bonds. The Kier molecular flexibility index (Phi) is 2.57. The van der Waals surface area contributed by atoms with Crippen LogP contribution in [0.4, 0.5) is 0 Å². The van der Waals surface area contributed by atoms with Crippen LogP contribution in [0.15, 0.2) is 47.3 Å². The summed E-state index contributed by atoms with van der Waals surface area (Å²) in [5.41, 5.74) is 1.31. The maximum atomic E-state index is 12.8. The summed E-state index contributed by atoms with van der Waals surface area (Å²) in [6, 6.07) is 13.2. The molecule has 1 aromatic heterocycles. The van der Waals surface area contributed by atoms with Gasteiger partial charge in [0.1, 0.15) is 0 Å². The molecule has 1 aliphatic rings. The molecule has 21 heavy (non-hydrogen) atoms. The summed E-state index contributed by atoms with van der Waals surface area (Å²) in [5.74, 6) is -0.108. The summed E-state index contributed by atoms with van der Waals surface area (Å²) < 4.78 is 1.76. The number of fused-ring (bicyclic) bond motifs is 2. The van der Waals surface area contributed by atoms with Crippen molar-refractivity contribution >= 4 is 27.6 Å². The molecule has 4 heteroatoms. The quantitative estimate of drug-likeness (QED) is 0.641. The molecule has 0 saturated heterocycles. The van der Waals surface area contributed by atoms with E-state index in [2.05, 4.69) is 5.32 Å². The molecule has 0 spiro atoms. The third kappa shape index (κ3) is 1.69. The van der Waals surface area contributed by atoms with E-state index in [4.69, 9.17) is 0 Å². The van der Waals surface area contributed by atoms with E-state index >= 15 is 0 Å². The number of nitrogens with one attached hydrogen (secondary N) is 1. The number of rotatable bonds is 0. The highest BCUT2D eigenvalue weighted by Gasteiger charge is 2.18. The van der Waals surface area contributed by atoms with Crippen LogP contribution < -0.4 is 10.9 Å². The van der Waals surface area contributed by atoms with Crippen molar-refractivity contribution in [2.45, 2.75) is 13.0 Å². The lowest BCUT2D eigenvalue weighted by atomic mass is 10.0. The van der Waals surface area contributed by atoms with Crippen LogP contribution in [0.5, 0.6) is 0 Å². The molecule has 1 aliphatic heterocycles. The molecule has 0 fully saturated rings. The van der Waals surface area contributed by atoms with Gasteiger partial charge in [0.15, 0.2) is 0 Å². The molecule has 0 radical (unpaired) electrons. The van der Waals surface area contributed by atoms with Gasteiger partial charge >= 0.3 is 0 Å². The third-order valence-electron chi connectivity index (χ3n) is 4.09. The molecule has 0 bridgehead atoms. The highest BCUT2D eigenvalue weighted by Crippen LogP contribution is 2.26. The Labute approximate surface area is 121 Å². The number of pyridine rings is 1. The second kappa shape index (κ2) is 4.45. The smallest absolute Gasteiger partial charge is 0.258 e. The van der Waals surface area contributed by atoms with E-state index in [-0.39, 0.29) is 11.5 Å². The first-order valence-corrected chi connectivity index (χ1v) is 7.10. The fourth-order valence-electron chi connectivity index (χ4n) is 3.13. The standard InChI is InChI=1S/C17H14N2O2/c20-16-14-8-3-7-12-11-5-1-2-6-13(11)17(21)19(15(12)14)10-4-9-18-16/h1-3,5-8H,4,9-10H2,(H,18,20). The lowest BCUT2D eigenvalue weighted by molar-refractivity contribution is 0.0952. The number of hydrogen-bond acceptors (Lipinski definition) is 2. The minimum Gasteiger partial charge on any atom is -0.352 e. The molecule has 4 nitrogen and oxygen atoms in total. The van der Waals surface area contributed by atoms with Crippen LogP contribution in [-0.4, -0.2) is 17.0 Å². The van der Waals surface area contributed by atoms with Gasteiger partial charge in [-0.1, -0.05) is 30.3 Å². The summed E-state index contributed by atoms with van der Waals surface area (Å²) in [6.45, 7) is 1.21. The molecule has 1 N–H and O–H groups in total. The Hall–Kier alpha value is -2.62. The van der Waals surface area contributed by atoms with Crippen molar-refractivity contribution in [3.63, 3.8) is 0 Å². The van der Waals surface area contributed by atoms with Gasteiger partial charge in [-0.2, -0.15) is 0 Å². The SMILES string of the molecule is O=C1NCCCn2c(=O)c3ccccc3c3cccc1c32. The molecule has 0 atom stereocenters. The maximum Gasteiger partial charge on any atom is 0.258 e. The predicted octanol–water partition coefficient (Wildman–Crippen LogP) is 2.29. The van der Waals surface area contributed by atoms with Crippen molar-refractivity contribution < 1.29 is 4.79 Å². The Morgan fingerprint density at radius 2 is 1.67 bits per heavy atom. The van der Waals surface area contributed by atoms with Crippen LogP contribution in [0.1, 0.15) is 16.8 Å². The largest absolute Gasteiger partial charge is 0.352 e. The van der Waals surface area contributed by atoms with Gasteiger partial charge in [0.2, 0.25) is 0 Å². The van der Waals surface area contributed by atoms with Gasteiger partial charge in [-0.25, -0.2) is 0 Å². The Balaban J connectivity index is 2.30. The Morgan fingerprint density at radius 3 is 2.52 bits per heavy atom. The molecular weight excluding hydrogens is 264 g/mol. The Bertz CT molecular complexity index is 941. The lowest BCUT2D eigenvalue weighted by Crippen LogP contribution is -2.32. The fourth-order valence-corrected chi connectivity index (χ4v) is 3.13. The van der Waals surface area contributed by atoms with E-state index in [9.17, 15) is 9.59 Å². The number of para-hydroxylation sites is 1. The van der Waals surface area contributed by atoms with Crippen LogP contribution in [-0.2, 0) is 6.54 Å².